The van der Waals surface area contributed by atoms with E-state index in [9.17, 15) is 14.4 Å². The van der Waals surface area contributed by atoms with Crippen LogP contribution in [0, 0.1) is 0 Å². The highest BCUT2D eigenvalue weighted by Gasteiger charge is 2.45. The van der Waals surface area contributed by atoms with Crippen LogP contribution in [0.3, 0.4) is 0 Å². The van der Waals surface area contributed by atoms with Crippen molar-refractivity contribution in [2.24, 2.45) is 5.73 Å². The number of piperidine rings is 2. The van der Waals surface area contributed by atoms with Gasteiger partial charge in [-0.2, -0.15) is 0 Å². The number of urea groups is 1. The van der Waals surface area contributed by atoms with Gasteiger partial charge in [0, 0.05) is 30.4 Å². The molecule has 0 saturated carbocycles. The molecule has 3 heterocycles. The van der Waals surface area contributed by atoms with Crippen molar-refractivity contribution in [3.05, 3.63) is 46.1 Å². The number of rotatable bonds is 6. The Labute approximate surface area is 204 Å². The SMILES string of the molecule is COC(=O)C1=C(CN2CCC(C(N)=O)(N3CCCCC3)CC2)NC(=O)N[C@H]1c1ccccc1Cl. The van der Waals surface area contributed by atoms with Gasteiger partial charge >= 0.3 is 12.0 Å². The van der Waals surface area contributed by atoms with Gasteiger partial charge in [0.05, 0.1) is 18.7 Å². The molecular weight excluding hydrogens is 458 g/mol. The van der Waals surface area contributed by atoms with Gasteiger partial charge in [0.1, 0.15) is 5.54 Å². The van der Waals surface area contributed by atoms with E-state index in [1.54, 1.807) is 24.3 Å². The predicted molar refractivity (Wildman–Crippen MR) is 128 cm³/mol. The molecule has 1 aromatic carbocycles. The van der Waals surface area contributed by atoms with Gasteiger partial charge < -0.3 is 21.1 Å². The molecule has 0 aromatic heterocycles. The molecule has 0 spiro atoms. The van der Waals surface area contributed by atoms with Crippen molar-refractivity contribution in [2.75, 3.05) is 39.8 Å². The van der Waals surface area contributed by atoms with Gasteiger partial charge in [-0.3, -0.25) is 14.6 Å². The summed E-state index contributed by atoms with van der Waals surface area (Å²) >= 11 is 6.39. The Balaban J connectivity index is 1.57. The van der Waals surface area contributed by atoms with E-state index in [-0.39, 0.29) is 5.91 Å². The fourth-order valence-electron chi connectivity index (χ4n) is 5.38. The summed E-state index contributed by atoms with van der Waals surface area (Å²) in [5.74, 6) is -0.804. The smallest absolute Gasteiger partial charge is 0.338 e. The lowest BCUT2D eigenvalue weighted by molar-refractivity contribution is -0.136. The fourth-order valence-corrected chi connectivity index (χ4v) is 5.63. The van der Waals surface area contributed by atoms with E-state index in [1.807, 2.05) is 0 Å². The minimum absolute atomic E-state index is 0.266. The number of carbonyl (C=O) groups is 3. The summed E-state index contributed by atoms with van der Waals surface area (Å²) in [5.41, 5.74) is 6.69. The Hall–Kier alpha value is -2.62. The summed E-state index contributed by atoms with van der Waals surface area (Å²) in [4.78, 5) is 42.3. The summed E-state index contributed by atoms with van der Waals surface area (Å²) in [6.45, 7) is 3.37. The second kappa shape index (κ2) is 10.3. The van der Waals surface area contributed by atoms with Crippen molar-refractivity contribution < 1.29 is 19.1 Å². The standard InChI is InChI=1S/C24H32ClN5O4/c1-34-21(31)19-18(27-23(33)28-20(19)16-7-3-4-8-17(16)25)15-29-13-9-24(10-14-29,22(26)32)30-11-5-2-6-12-30/h3-4,7-8,20H,2,5-6,9-15H2,1H3,(H2,26,32)(H2,27,28,33)/t20-/m0/s1. The average Bonchev–Trinajstić information content (AvgIpc) is 2.84. The number of methoxy groups -OCH3 is 1. The zero-order valence-corrected chi connectivity index (χ0v) is 20.2. The molecular formula is C24H32ClN5O4. The molecule has 1 atom stereocenters. The average molecular weight is 490 g/mol. The predicted octanol–water partition coefficient (Wildman–Crippen LogP) is 1.93. The molecule has 10 heteroatoms. The van der Waals surface area contributed by atoms with E-state index in [0.717, 1.165) is 25.9 Å². The van der Waals surface area contributed by atoms with Crippen LogP contribution in [-0.2, 0) is 14.3 Å². The lowest BCUT2D eigenvalue weighted by atomic mass is 9.83. The highest BCUT2D eigenvalue weighted by atomic mass is 35.5. The van der Waals surface area contributed by atoms with E-state index in [2.05, 4.69) is 20.4 Å². The van der Waals surface area contributed by atoms with Crippen molar-refractivity contribution in [1.29, 1.82) is 0 Å². The summed E-state index contributed by atoms with van der Waals surface area (Å²) < 4.78 is 5.06. The lowest BCUT2D eigenvalue weighted by Crippen LogP contribution is -2.63. The van der Waals surface area contributed by atoms with E-state index >= 15 is 0 Å². The van der Waals surface area contributed by atoms with E-state index in [0.29, 0.717) is 54.3 Å². The third kappa shape index (κ3) is 4.78. The van der Waals surface area contributed by atoms with Crippen LogP contribution in [0.15, 0.2) is 35.5 Å². The molecule has 3 aliphatic heterocycles. The number of ether oxygens (including phenoxy) is 1. The minimum atomic E-state index is -0.729. The van der Waals surface area contributed by atoms with Crippen molar-refractivity contribution in [1.82, 2.24) is 20.4 Å². The third-order valence-corrected chi connectivity index (χ3v) is 7.60. The number of amides is 3. The number of benzene rings is 1. The second-order valence-corrected chi connectivity index (χ2v) is 9.56. The number of nitrogens with zero attached hydrogens (tertiary/aromatic N) is 2. The number of esters is 1. The summed E-state index contributed by atoms with van der Waals surface area (Å²) in [7, 11) is 1.31. The Bertz CT molecular complexity index is 983. The molecule has 0 aliphatic carbocycles. The normalized spacial score (nSPS) is 23.7. The quantitative estimate of drug-likeness (QED) is 0.526. The van der Waals surface area contributed by atoms with Crippen LogP contribution in [-0.4, -0.2) is 73.1 Å². The molecule has 9 nitrogen and oxygen atoms in total. The Morgan fingerprint density at radius 1 is 1.15 bits per heavy atom. The van der Waals surface area contributed by atoms with Crippen LogP contribution in [0.5, 0.6) is 0 Å². The Morgan fingerprint density at radius 3 is 2.44 bits per heavy atom. The number of primary amides is 1. The maximum Gasteiger partial charge on any atom is 0.338 e. The van der Waals surface area contributed by atoms with Gasteiger partial charge in [-0.1, -0.05) is 36.2 Å². The largest absolute Gasteiger partial charge is 0.466 e. The number of hydrogen-bond donors (Lipinski definition) is 3. The molecule has 0 radical (unpaired) electrons. The number of halogens is 1. The Kier molecular flexibility index (Phi) is 7.45. The monoisotopic (exact) mass is 489 g/mol. The van der Waals surface area contributed by atoms with Crippen molar-refractivity contribution in [3.8, 4) is 0 Å². The van der Waals surface area contributed by atoms with Gasteiger partial charge in [-0.25, -0.2) is 9.59 Å². The van der Waals surface area contributed by atoms with Gasteiger partial charge in [0.25, 0.3) is 0 Å². The van der Waals surface area contributed by atoms with Crippen molar-refractivity contribution >= 4 is 29.5 Å². The zero-order valence-electron chi connectivity index (χ0n) is 19.4. The molecule has 3 aliphatic rings. The first-order valence-corrected chi connectivity index (χ1v) is 12.1. The molecule has 184 valence electrons. The van der Waals surface area contributed by atoms with Gasteiger partial charge in [-0.05, 0) is 50.4 Å². The Morgan fingerprint density at radius 2 is 1.82 bits per heavy atom. The molecule has 0 bridgehead atoms. The minimum Gasteiger partial charge on any atom is -0.466 e. The summed E-state index contributed by atoms with van der Waals surface area (Å²) in [5, 5.41) is 6.04. The highest BCUT2D eigenvalue weighted by Crippen LogP contribution is 2.34. The first-order valence-electron chi connectivity index (χ1n) is 11.8. The van der Waals surface area contributed by atoms with Crippen molar-refractivity contribution in [3.63, 3.8) is 0 Å². The third-order valence-electron chi connectivity index (χ3n) is 7.26. The topological polar surface area (TPSA) is 117 Å². The van der Waals surface area contributed by atoms with Crippen LogP contribution in [0.25, 0.3) is 0 Å². The van der Waals surface area contributed by atoms with Gasteiger partial charge in [0.15, 0.2) is 0 Å². The van der Waals surface area contributed by atoms with E-state index < -0.39 is 23.6 Å². The molecule has 0 unspecified atom stereocenters. The fraction of sp³-hybridized carbons (Fsp3) is 0.542. The molecule has 3 amide bonds. The van der Waals surface area contributed by atoms with Crippen LogP contribution >= 0.6 is 11.6 Å². The van der Waals surface area contributed by atoms with Gasteiger partial charge in [0.2, 0.25) is 5.91 Å². The van der Waals surface area contributed by atoms with E-state index in [1.165, 1.54) is 13.5 Å². The van der Waals surface area contributed by atoms with Gasteiger partial charge in [-0.15, -0.1) is 0 Å². The number of nitrogens with two attached hydrogens (primary N) is 1. The van der Waals surface area contributed by atoms with Crippen LogP contribution < -0.4 is 16.4 Å². The van der Waals surface area contributed by atoms with Crippen LogP contribution in [0.4, 0.5) is 4.79 Å². The number of likely N-dealkylation sites (tertiary alicyclic amines) is 2. The maximum atomic E-state index is 12.8. The lowest BCUT2D eigenvalue weighted by Gasteiger charge is -2.48. The number of carbonyl (C=O) groups excluding carboxylic acids is 3. The summed E-state index contributed by atoms with van der Waals surface area (Å²) in [6.07, 6.45) is 4.57. The zero-order chi connectivity index (χ0) is 24.3. The highest BCUT2D eigenvalue weighted by molar-refractivity contribution is 6.31. The van der Waals surface area contributed by atoms with Crippen molar-refractivity contribution in [2.45, 2.75) is 43.7 Å². The molecule has 1 aromatic rings. The number of nitrogens with one attached hydrogen (secondary N) is 2. The molecule has 4 N–H and O–H groups in total. The summed E-state index contributed by atoms with van der Waals surface area (Å²) in [6, 6.07) is 5.95. The molecule has 4 rings (SSSR count). The first-order chi connectivity index (χ1) is 16.4. The second-order valence-electron chi connectivity index (χ2n) is 9.16. The molecule has 2 fully saturated rings. The van der Waals surface area contributed by atoms with E-state index in [4.69, 9.17) is 22.1 Å². The molecule has 2 saturated heterocycles. The van der Waals surface area contributed by atoms with Crippen LogP contribution in [0.2, 0.25) is 5.02 Å². The number of hydrogen-bond acceptors (Lipinski definition) is 6. The first kappa shape index (κ1) is 24.5. The molecule has 34 heavy (non-hydrogen) atoms. The van der Waals surface area contributed by atoms with Crippen LogP contribution in [0.1, 0.15) is 43.7 Å². The maximum absolute atomic E-state index is 12.8.